The smallest absolute Gasteiger partial charge is 0.245 e. The van der Waals surface area contributed by atoms with E-state index in [0.717, 1.165) is 5.56 Å². The van der Waals surface area contributed by atoms with Gasteiger partial charge in [0.15, 0.2) is 0 Å². The zero-order valence-electron chi connectivity index (χ0n) is 10.4. The summed E-state index contributed by atoms with van der Waals surface area (Å²) in [5.41, 5.74) is 0.975. The van der Waals surface area contributed by atoms with Gasteiger partial charge in [0.2, 0.25) is 10.0 Å². The standard InChI is InChI=1S/C12H14BrN3O2S/c1-9-2-3-12(11(13)6-9)19(17,18)16-5-4-15-8-10(16)7-14/h2-3,6,10,15H,4-5,8H2,1H3. The lowest BCUT2D eigenvalue weighted by molar-refractivity contribution is 0.311. The van der Waals surface area contributed by atoms with Crippen molar-refractivity contribution in [3.05, 3.63) is 28.2 Å². The average Bonchev–Trinajstić information content (AvgIpc) is 2.38. The van der Waals surface area contributed by atoms with Gasteiger partial charge < -0.3 is 5.32 Å². The molecule has 0 spiro atoms. The fourth-order valence-electron chi connectivity index (χ4n) is 2.02. The van der Waals surface area contributed by atoms with Gasteiger partial charge in [-0.3, -0.25) is 0 Å². The van der Waals surface area contributed by atoms with Crippen LogP contribution in [0.2, 0.25) is 0 Å². The van der Waals surface area contributed by atoms with E-state index < -0.39 is 16.1 Å². The molecule has 1 aromatic carbocycles. The third kappa shape index (κ3) is 2.82. The maximum Gasteiger partial charge on any atom is 0.245 e. The zero-order chi connectivity index (χ0) is 14.0. The number of sulfonamides is 1. The third-order valence-corrected chi connectivity index (χ3v) is 5.90. The average molecular weight is 344 g/mol. The molecule has 1 saturated heterocycles. The number of benzene rings is 1. The maximum absolute atomic E-state index is 12.6. The van der Waals surface area contributed by atoms with Crippen LogP contribution in [-0.2, 0) is 10.0 Å². The van der Waals surface area contributed by atoms with E-state index in [1.54, 1.807) is 18.2 Å². The summed E-state index contributed by atoms with van der Waals surface area (Å²) in [6.07, 6.45) is 0. The van der Waals surface area contributed by atoms with E-state index in [0.29, 0.717) is 24.1 Å². The van der Waals surface area contributed by atoms with Crippen LogP contribution in [0.5, 0.6) is 0 Å². The summed E-state index contributed by atoms with van der Waals surface area (Å²) in [6, 6.07) is 6.46. The largest absolute Gasteiger partial charge is 0.313 e. The number of hydrogen-bond donors (Lipinski definition) is 1. The van der Waals surface area contributed by atoms with Crippen LogP contribution >= 0.6 is 15.9 Å². The van der Waals surface area contributed by atoms with Gasteiger partial charge in [0.05, 0.1) is 11.0 Å². The van der Waals surface area contributed by atoms with Gasteiger partial charge >= 0.3 is 0 Å². The zero-order valence-corrected chi connectivity index (χ0v) is 12.8. The second-order valence-corrected chi connectivity index (χ2v) is 7.11. The van der Waals surface area contributed by atoms with Crippen molar-refractivity contribution in [1.29, 1.82) is 5.26 Å². The van der Waals surface area contributed by atoms with Crippen LogP contribution in [0, 0.1) is 18.3 Å². The normalized spacial score (nSPS) is 21.0. The molecule has 102 valence electrons. The van der Waals surface area contributed by atoms with Crippen LogP contribution in [0.3, 0.4) is 0 Å². The molecule has 0 bridgehead atoms. The molecule has 7 heteroatoms. The molecule has 1 aliphatic heterocycles. The summed E-state index contributed by atoms with van der Waals surface area (Å²) in [5, 5.41) is 12.1. The number of rotatable bonds is 2. The highest BCUT2D eigenvalue weighted by atomic mass is 79.9. The number of aryl methyl sites for hydroxylation is 1. The van der Waals surface area contributed by atoms with Crippen LogP contribution in [-0.4, -0.2) is 38.4 Å². The van der Waals surface area contributed by atoms with Crippen LogP contribution in [0.25, 0.3) is 0 Å². The van der Waals surface area contributed by atoms with Gasteiger partial charge in [-0.25, -0.2) is 8.42 Å². The van der Waals surface area contributed by atoms with Gasteiger partial charge in [-0.1, -0.05) is 6.07 Å². The number of nitriles is 1. The van der Waals surface area contributed by atoms with Gasteiger partial charge in [-0.2, -0.15) is 9.57 Å². The van der Waals surface area contributed by atoms with Gasteiger partial charge in [0.1, 0.15) is 6.04 Å². The van der Waals surface area contributed by atoms with E-state index in [-0.39, 0.29) is 4.90 Å². The Morgan fingerprint density at radius 1 is 1.53 bits per heavy atom. The Balaban J connectivity index is 2.44. The monoisotopic (exact) mass is 343 g/mol. The second kappa shape index (κ2) is 5.59. The van der Waals surface area contributed by atoms with Crippen molar-refractivity contribution >= 4 is 26.0 Å². The lowest BCUT2D eigenvalue weighted by atomic mass is 10.2. The van der Waals surface area contributed by atoms with Gasteiger partial charge in [-0.05, 0) is 40.5 Å². The fourth-order valence-corrected chi connectivity index (χ4v) is 4.72. The Labute approximate surface area is 121 Å². The van der Waals surface area contributed by atoms with E-state index in [2.05, 4.69) is 21.2 Å². The van der Waals surface area contributed by atoms with Crippen LogP contribution < -0.4 is 5.32 Å². The highest BCUT2D eigenvalue weighted by Crippen LogP contribution is 2.27. The summed E-state index contributed by atoms with van der Waals surface area (Å²) in [5.74, 6) is 0. The molecule has 1 aromatic rings. The first-order valence-electron chi connectivity index (χ1n) is 5.85. The SMILES string of the molecule is Cc1ccc(S(=O)(=O)N2CCNCC2C#N)c(Br)c1. The lowest BCUT2D eigenvalue weighted by Gasteiger charge is -2.31. The van der Waals surface area contributed by atoms with Crippen LogP contribution in [0.4, 0.5) is 0 Å². The molecule has 5 nitrogen and oxygen atoms in total. The highest BCUT2D eigenvalue weighted by Gasteiger charge is 2.34. The van der Waals surface area contributed by atoms with Crippen molar-refractivity contribution in [2.75, 3.05) is 19.6 Å². The van der Waals surface area contributed by atoms with Gasteiger partial charge in [-0.15, -0.1) is 0 Å². The van der Waals surface area contributed by atoms with Crippen LogP contribution in [0.15, 0.2) is 27.6 Å². The van der Waals surface area contributed by atoms with Crippen molar-refractivity contribution in [2.45, 2.75) is 17.9 Å². The molecule has 0 amide bonds. The minimum absolute atomic E-state index is 0.209. The molecule has 0 saturated carbocycles. The molecule has 0 aromatic heterocycles. The van der Waals surface area contributed by atoms with Gasteiger partial charge in [0.25, 0.3) is 0 Å². The predicted molar refractivity (Wildman–Crippen MR) is 75.0 cm³/mol. The van der Waals surface area contributed by atoms with Crippen molar-refractivity contribution in [1.82, 2.24) is 9.62 Å². The number of halogens is 1. The molecule has 19 heavy (non-hydrogen) atoms. The number of nitrogens with one attached hydrogen (secondary N) is 1. The Hall–Kier alpha value is -0.940. The molecule has 1 heterocycles. The van der Waals surface area contributed by atoms with E-state index in [1.165, 1.54) is 4.31 Å². The predicted octanol–water partition coefficient (Wildman–Crippen LogP) is 1.24. The first-order chi connectivity index (χ1) is 8.96. The van der Waals surface area contributed by atoms with Crippen molar-refractivity contribution < 1.29 is 8.42 Å². The van der Waals surface area contributed by atoms with Crippen molar-refractivity contribution in [3.63, 3.8) is 0 Å². The summed E-state index contributed by atoms with van der Waals surface area (Å²) in [4.78, 5) is 0.209. The first kappa shape index (κ1) is 14.5. The van der Waals surface area contributed by atoms with E-state index in [4.69, 9.17) is 5.26 Å². The molecule has 1 unspecified atom stereocenters. The van der Waals surface area contributed by atoms with E-state index >= 15 is 0 Å². The molecule has 0 radical (unpaired) electrons. The number of piperazine rings is 1. The highest BCUT2D eigenvalue weighted by molar-refractivity contribution is 9.10. The first-order valence-corrected chi connectivity index (χ1v) is 8.08. The van der Waals surface area contributed by atoms with Crippen LogP contribution in [0.1, 0.15) is 5.56 Å². The Bertz CT molecular complexity index is 624. The van der Waals surface area contributed by atoms with E-state index in [1.807, 2.05) is 13.0 Å². The minimum Gasteiger partial charge on any atom is -0.313 e. The minimum atomic E-state index is -3.65. The molecular formula is C12H14BrN3O2S. The second-order valence-electron chi connectivity index (χ2n) is 4.40. The summed E-state index contributed by atoms with van der Waals surface area (Å²) in [7, 11) is -3.65. The summed E-state index contributed by atoms with van der Waals surface area (Å²) >= 11 is 3.29. The Morgan fingerprint density at radius 3 is 2.89 bits per heavy atom. The topological polar surface area (TPSA) is 73.2 Å². The van der Waals surface area contributed by atoms with E-state index in [9.17, 15) is 8.42 Å². The Kier molecular flexibility index (Phi) is 4.26. The summed E-state index contributed by atoms with van der Waals surface area (Å²) in [6.45, 7) is 3.12. The summed E-state index contributed by atoms with van der Waals surface area (Å²) < 4.78 is 27.0. The number of nitrogens with zero attached hydrogens (tertiary/aromatic N) is 2. The van der Waals surface area contributed by atoms with Crippen molar-refractivity contribution in [3.8, 4) is 6.07 Å². The third-order valence-electron chi connectivity index (χ3n) is 3.02. The van der Waals surface area contributed by atoms with Gasteiger partial charge in [0, 0.05) is 24.1 Å². The number of hydrogen-bond acceptors (Lipinski definition) is 4. The molecule has 1 N–H and O–H groups in total. The lowest BCUT2D eigenvalue weighted by Crippen LogP contribution is -2.52. The Morgan fingerprint density at radius 2 is 2.26 bits per heavy atom. The molecule has 0 aliphatic carbocycles. The fraction of sp³-hybridized carbons (Fsp3) is 0.417. The molecule has 1 atom stereocenters. The maximum atomic E-state index is 12.6. The molecule has 2 rings (SSSR count). The quantitative estimate of drug-likeness (QED) is 0.876. The van der Waals surface area contributed by atoms with Crippen molar-refractivity contribution in [2.24, 2.45) is 0 Å². The molecule has 1 aliphatic rings. The molecular weight excluding hydrogens is 330 g/mol. The molecule has 1 fully saturated rings.